The van der Waals surface area contributed by atoms with Crippen molar-refractivity contribution >= 4 is 5.78 Å². The van der Waals surface area contributed by atoms with Crippen molar-refractivity contribution in [2.45, 2.75) is 51.1 Å². The third-order valence-corrected chi connectivity index (χ3v) is 4.35. The highest BCUT2D eigenvalue weighted by Gasteiger charge is 2.36. The Hall–Kier alpha value is -1.16. The van der Waals surface area contributed by atoms with Crippen LogP contribution in [-0.4, -0.2) is 28.4 Å². The number of rotatable bonds is 3. The first-order valence-corrected chi connectivity index (χ1v) is 6.99. The van der Waals surface area contributed by atoms with Crippen LogP contribution in [0.5, 0.6) is 0 Å². The minimum atomic E-state index is 0.283. The van der Waals surface area contributed by atoms with Crippen LogP contribution in [0, 0.1) is 5.92 Å². The van der Waals surface area contributed by atoms with Crippen LogP contribution in [0.15, 0.2) is 17.0 Å². The number of nitrogens with zero attached hydrogens (tertiary/aromatic N) is 2. The summed E-state index contributed by atoms with van der Waals surface area (Å²) in [5.74, 6) is 0.766. The van der Waals surface area contributed by atoms with Crippen LogP contribution in [0.2, 0.25) is 0 Å². The third-order valence-electron chi connectivity index (χ3n) is 4.35. The average Bonchev–Trinajstić information content (AvgIpc) is 3.02. The van der Waals surface area contributed by atoms with Gasteiger partial charge >= 0.3 is 0 Å². The Labute approximate surface area is 107 Å². The molecule has 4 nitrogen and oxygen atoms in total. The van der Waals surface area contributed by atoms with Gasteiger partial charge in [-0.05, 0) is 32.2 Å². The Morgan fingerprint density at radius 1 is 1.33 bits per heavy atom. The van der Waals surface area contributed by atoms with Gasteiger partial charge in [0, 0.05) is 30.5 Å². The summed E-state index contributed by atoms with van der Waals surface area (Å²) in [5, 5.41) is 3.76. The zero-order valence-electron chi connectivity index (χ0n) is 10.7. The zero-order chi connectivity index (χ0) is 12.4. The summed E-state index contributed by atoms with van der Waals surface area (Å²) in [5.41, 5.74) is 1.12. The first kappa shape index (κ1) is 11.9. The molecule has 2 fully saturated rings. The van der Waals surface area contributed by atoms with Crippen LogP contribution in [-0.2, 0) is 11.3 Å². The summed E-state index contributed by atoms with van der Waals surface area (Å²) >= 11 is 0. The van der Waals surface area contributed by atoms with Gasteiger partial charge < -0.3 is 4.52 Å². The zero-order valence-corrected chi connectivity index (χ0v) is 10.7. The molecule has 1 aromatic heterocycles. The first-order valence-electron chi connectivity index (χ1n) is 6.99. The van der Waals surface area contributed by atoms with E-state index in [1.54, 1.807) is 12.5 Å². The minimum Gasteiger partial charge on any atom is -0.364 e. The van der Waals surface area contributed by atoms with Gasteiger partial charge in [-0.15, -0.1) is 0 Å². The van der Waals surface area contributed by atoms with Crippen LogP contribution in [0.3, 0.4) is 0 Å². The molecule has 1 aliphatic carbocycles. The van der Waals surface area contributed by atoms with E-state index < -0.39 is 0 Å². The summed E-state index contributed by atoms with van der Waals surface area (Å²) in [6, 6.07) is 0.448. The second-order valence-corrected chi connectivity index (χ2v) is 5.53. The van der Waals surface area contributed by atoms with Gasteiger partial charge in [0.25, 0.3) is 0 Å². The normalized spacial score (nSPS) is 29.9. The van der Waals surface area contributed by atoms with Gasteiger partial charge in [-0.2, -0.15) is 0 Å². The molecule has 0 amide bonds. The average molecular weight is 248 g/mol. The van der Waals surface area contributed by atoms with Crippen molar-refractivity contribution in [1.82, 2.24) is 10.1 Å². The van der Waals surface area contributed by atoms with Gasteiger partial charge in [0.2, 0.25) is 0 Å². The van der Waals surface area contributed by atoms with Crippen molar-refractivity contribution < 1.29 is 9.32 Å². The maximum Gasteiger partial charge on any atom is 0.137 e. The van der Waals surface area contributed by atoms with Crippen LogP contribution < -0.4 is 0 Å². The number of hydrogen-bond acceptors (Lipinski definition) is 4. The van der Waals surface area contributed by atoms with E-state index >= 15 is 0 Å². The molecular weight excluding hydrogens is 228 g/mol. The predicted octanol–water partition coefficient (Wildman–Crippen LogP) is 2.40. The van der Waals surface area contributed by atoms with Gasteiger partial charge in [-0.25, -0.2) is 0 Å². The largest absolute Gasteiger partial charge is 0.364 e. The Morgan fingerprint density at radius 3 is 3.00 bits per heavy atom. The number of carbonyl (C=O) groups excluding carboxylic acids is 1. The lowest BCUT2D eigenvalue weighted by atomic mass is 9.88. The lowest BCUT2D eigenvalue weighted by Crippen LogP contribution is -2.44. The molecule has 2 heterocycles. The van der Waals surface area contributed by atoms with E-state index in [-0.39, 0.29) is 5.92 Å². The molecule has 0 bridgehead atoms. The molecule has 0 radical (unpaired) electrons. The van der Waals surface area contributed by atoms with Gasteiger partial charge in [0.15, 0.2) is 0 Å². The van der Waals surface area contributed by atoms with Gasteiger partial charge in [0.05, 0.1) is 6.20 Å². The predicted molar refractivity (Wildman–Crippen MR) is 66.9 cm³/mol. The molecular formula is C14H20N2O2. The maximum atomic E-state index is 12.0. The second kappa shape index (κ2) is 5.22. The van der Waals surface area contributed by atoms with E-state index in [4.69, 9.17) is 4.52 Å². The minimum absolute atomic E-state index is 0.283. The van der Waals surface area contributed by atoms with E-state index in [0.717, 1.165) is 37.9 Å². The van der Waals surface area contributed by atoms with Crippen molar-refractivity contribution in [3.05, 3.63) is 18.0 Å². The van der Waals surface area contributed by atoms with Crippen LogP contribution in [0.4, 0.5) is 0 Å². The maximum absolute atomic E-state index is 12.0. The highest BCUT2D eigenvalue weighted by atomic mass is 16.5. The lowest BCUT2D eigenvalue weighted by molar-refractivity contribution is -0.123. The Balaban J connectivity index is 1.71. The standard InChI is InChI=1S/C14H20N2O2/c17-14-6-3-4-12(14)13-5-1-2-7-16(13)9-11-8-15-18-10-11/h8,10,12-13H,1-7,9H2. The first-order chi connectivity index (χ1) is 8.84. The lowest BCUT2D eigenvalue weighted by Gasteiger charge is -2.38. The molecule has 0 N–H and O–H groups in total. The summed E-state index contributed by atoms with van der Waals surface area (Å²) in [7, 11) is 0. The Morgan fingerprint density at radius 2 is 2.28 bits per heavy atom. The fourth-order valence-corrected chi connectivity index (χ4v) is 3.46. The molecule has 1 aliphatic heterocycles. The summed E-state index contributed by atoms with van der Waals surface area (Å²) in [4.78, 5) is 14.4. The molecule has 1 aromatic rings. The quantitative estimate of drug-likeness (QED) is 0.824. The number of hydrogen-bond donors (Lipinski definition) is 0. The molecule has 0 aromatic carbocycles. The molecule has 0 spiro atoms. The Kier molecular flexibility index (Phi) is 3.46. The number of Topliss-reactive ketones (excluding diaryl/α,β-unsaturated/α-hetero) is 1. The van der Waals surface area contributed by atoms with Crippen molar-refractivity contribution in [3.63, 3.8) is 0 Å². The summed E-state index contributed by atoms with van der Waals surface area (Å²) in [6.07, 6.45) is 10.1. The fraction of sp³-hybridized carbons (Fsp3) is 0.714. The van der Waals surface area contributed by atoms with Crippen molar-refractivity contribution in [3.8, 4) is 0 Å². The van der Waals surface area contributed by atoms with Gasteiger partial charge in [-0.3, -0.25) is 9.69 Å². The molecule has 98 valence electrons. The van der Waals surface area contributed by atoms with Crippen LogP contribution in [0.1, 0.15) is 44.1 Å². The number of ketones is 1. The van der Waals surface area contributed by atoms with Crippen molar-refractivity contribution in [2.75, 3.05) is 6.54 Å². The van der Waals surface area contributed by atoms with Gasteiger partial charge in [0.1, 0.15) is 12.0 Å². The second-order valence-electron chi connectivity index (χ2n) is 5.53. The number of likely N-dealkylation sites (tertiary alicyclic amines) is 1. The SMILES string of the molecule is O=C1CCCC1C1CCCCN1Cc1cnoc1. The summed E-state index contributed by atoms with van der Waals surface area (Å²) < 4.78 is 4.89. The molecule has 2 atom stereocenters. The topological polar surface area (TPSA) is 46.3 Å². The monoisotopic (exact) mass is 248 g/mol. The van der Waals surface area contributed by atoms with Gasteiger partial charge in [-0.1, -0.05) is 11.6 Å². The number of aromatic nitrogens is 1. The van der Waals surface area contributed by atoms with Crippen LogP contribution >= 0.6 is 0 Å². The van der Waals surface area contributed by atoms with E-state index in [1.807, 2.05) is 0 Å². The fourth-order valence-electron chi connectivity index (χ4n) is 3.46. The number of piperidine rings is 1. The number of carbonyl (C=O) groups is 1. The van der Waals surface area contributed by atoms with Crippen molar-refractivity contribution in [1.29, 1.82) is 0 Å². The highest BCUT2D eigenvalue weighted by Crippen LogP contribution is 2.33. The molecule has 18 heavy (non-hydrogen) atoms. The van der Waals surface area contributed by atoms with Crippen LogP contribution in [0.25, 0.3) is 0 Å². The molecule has 1 saturated heterocycles. The Bertz CT molecular complexity index is 402. The smallest absolute Gasteiger partial charge is 0.137 e. The van der Waals surface area contributed by atoms with E-state index in [0.29, 0.717) is 11.8 Å². The van der Waals surface area contributed by atoms with E-state index in [2.05, 4.69) is 10.1 Å². The summed E-state index contributed by atoms with van der Waals surface area (Å²) in [6.45, 7) is 1.97. The third kappa shape index (κ3) is 2.34. The molecule has 2 aliphatic rings. The molecule has 1 saturated carbocycles. The van der Waals surface area contributed by atoms with Crippen molar-refractivity contribution in [2.24, 2.45) is 5.92 Å². The van der Waals surface area contributed by atoms with E-state index in [1.165, 1.54) is 19.3 Å². The molecule has 3 rings (SSSR count). The molecule has 2 unspecified atom stereocenters. The van der Waals surface area contributed by atoms with E-state index in [9.17, 15) is 4.79 Å². The molecule has 4 heteroatoms. The highest BCUT2D eigenvalue weighted by molar-refractivity contribution is 5.83.